The maximum absolute atomic E-state index is 5.67. The molecule has 0 bridgehead atoms. The van der Waals surface area contributed by atoms with Gasteiger partial charge in [0.05, 0.1) is 5.69 Å². The molecule has 2 N–H and O–H groups in total. The Labute approximate surface area is 113 Å². The number of anilines is 1. The lowest BCUT2D eigenvalue weighted by Crippen LogP contribution is -2.42. The maximum atomic E-state index is 5.67. The van der Waals surface area contributed by atoms with Crippen molar-refractivity contribution in [1.82, 2.24) is 14.6 Å². The largest absolute Gasteiger partial charge is 0.352 e. The third-order valence-electron chi connectivity index (χ3n) is 3.88. The third kappa shape index (κ3) is 2.30. The molecule has 1 fully saturated rings. The lowest BCUT2D eigenvalue weighted by atomic mass is 9.91. The molecule has 0 radical (unpaired) electrons. The maximum Gasteiger partial charge on any atom is 0.154 e. The van der Waals surface area contributed by atoms with Crippen LogP contribution in [0.15, 0.2) is 18.5 Å². The van der Waals surface area contributed by atoms with Crippen molar-refractivity contribution in [3.05, 3.63) is 24.2 Å². The van der Waals surface area contributed by atoms with E-state index in [9.17, 15) is 0 Å². The summed E-state index contributed by atoms with van der Waals surface area (Å²) >= 11 is 0. The second kappa shape index (κ2) is 5.17. The molecule has 0 spiro atoms. The number of hydrogen-bond donors (Lipinski definition) is 1. The molecule has 2 aromatic rings. The van der Waals surface area contributed by atoms with Crippen molar-refractivity contribution in [1.29, 1.82) is 0 Å². The van der Waals surface area contributed by atoms with Gasteiger partial charge in [-0.3, -0.25) is 0 Å². The zero-order chi connectivity index (χ0) is 13.2. The molecule has 0 aliphatic heterocycles. The van der Waals surface area contributed by atoms with Gasteiger partial charge in [-0.2, -0.15) is 5.10 Å². The van der Waals surface area contributed by atoms with Crippen molar-refractivity contribution < 1.29 is 0 Å². The van der Waals surface area contributed by atoms with Crippen LogP contribution in [0, 0.1) is 6.92 Å². The summed E-state index contributed by atoms with van der Waals surface area (Å²) in [5, 5.41) is 4.46. The Hall–Kier alpha value is -1.62. The Morgan fingerprint density at radius 3 is 3.00 bits per heavy atom. The number of nitrogens with zero attached hydrogens (tertiary/aromatic N) is 4. The zero-order valence-corrected chi connectivity index (χ0v) is 11.4. The fourth-order valence-corrected chi connectivity index (χ4v) is 2.67. The number of nitrogens with two attached hydrogens (primary N) is 1. The first-order valence-corrected chi connectivity index (χ1v) is 7.07. The van der Waals surface area contributed by atoms with Gasteiger partial charge in [0.2, 0.25) is 0 Å². The van der Waals surface area contributed by atoms with Gasteiger partial charge in [-0.15, -0.1) is 0 Å². The summed E-state index contributed by atoms with van der Waals surface area (Å²) in [6.45, 7) is 3.73. The van der Waals surface area contributed by atoms with E-state index in [4.69, 9.17) is 5.73 Å². The van der Waals surface area contributed by atoms with E-state index in [0.717, 1.165) is 36.5 Å². The molecule has 3 rings (SSSR count). The van der Waals surface area contributed by atoms with Crippen LogP contribution in [0.1, 0.15) is 31.4 Å². The molecule has 0 aromatic carbocycles. The first-order chi connectivity index (χ1) is 9.29. The van der Waals surface area contributed by atoms with Gasteiger partial charge in [-0.25, -0.2) is 9.50 Å². The Bertz CT molecular complexity index is 558. The van der Waals surface area contributed by atoms with Crippen molar-refractivity contribution in [2.75, 3.05) is 18.0 Å². The lowest BCUT2D eigenvalue weighted by molar-refractivity contribution is 0.383. The Kier molecular flexibility index (Phi) is 3.38. The highest BCUT2D eigenvalue weighted by Gasteiger charge is 2.27. The van der Waals surface area contributed by atoms with Gasteiger partial charge in [0.25, 0.3) is 0 Å². The molecule has 2 heterocycles. The van der Waals surface area contributed by atoms with E-state index < -0.39 is 0 Å². The Morgan fingerprint density at radius 2 is 2.32 bits per heavy atom. The summed E-state index contributed by atoms with van der Waals surface area (Å²) in [7, 11) is 0. The van der Waals surface area contributed by atoms with Crippen molar-refractivity contribution in [2.45, 2.75) is 38.6 Å². The van der Waals surface area contributed by atoms with Crippen molar-refractivity contribution >= 4 is 11.3 Å². The van der Waals surface area contributed by atoms with Crippen LogP contribution in [0.2, 0.25) is 0 Å². The van der Waals surface area contributed by atoms with Crippen molar-refractivity contribution in [2.24, 2.45) is 5.73 Å². The standard InChI is InChI=1S/C14H21N5/c1-11-10-13-14(16-7-9-19(13)17-11)18(8-3-6-15)12-4-2-5-12/h7,9-10,12H,2-6,8,15H2,1H3. The van der Waals surface area contributed by atoms with Crippen LogP contribution in [0.3, 0.4) is 0 Å². The van der Waals surface area contributed by atoms with Crippen LogP contribution in [-0.2, 0) is 0 Å². The summed E-state index contributed by atoms with van der Waals surface area (Å²) in [5.74, 6) is 1.06. The van der Waals surface area contributed by atoms with Crippen LogP contribution in [0.4, 0.5) is 5.82 Å². The Morgan fingerprint density at radius 1 is 1.47 bits per heavy atom. The van der Waals surface area contributed by atoms with Crippen LogP contribution < -0.4 is 10.6 Å². The van der Waals surface area contributed by atoms with Gasteiger partial charge in [-0.1, -0.05) is 0 Å². The quantitative estimate of drug-likeness (QED) is 0.888. The van der Waals surface area contributed by atoms with E-state index in [2.05, 4.69) is 21.0 Å². The fraction of sp³-hybridized carbons (Fsp3) is 0.571. The van der Waals surface area contributed by atoms with Gasteiger partial charge in [0.1, 0.15) is 5.52 Å². The van der Waals surface area contributed by atoms with Crippen LogP contribution in [0.5, 0.6) is 0 Å². The number of fused-ring (bicyclic) bond motifs is 1. The van der Waals surface area contributed by atoms with Gasteiger partial charge >= 0.3 is 0 Å². The van der Waals surface area contributed by atoms with Gasteiger partial charge < -0.3 is 10.6 Å². The number of rotatable bonds is 5. The second-order valence-electron chi connectivity index (χ2n) is 5.29. The SMILES string of the molecule is Cc1cc2c(N(CCCN)C3CCC3)nccn2n1. The third-order valence-corrected chi connectivity index (χ3v) is 3.88. The van der Waals surface area contributed by atoms with E-state index in [0.29, 0.717) is 6.04 Å². The molecule has 1 saturated carbocycles. The summed E-state index contributed by atoms with van der Waals surface area (Å²) in [5.41, 5.74) is 7.80. The molecular formula is C14H21N5. The highest BCUT2D eigenvalue weighted by atomic mass is 15.3. The van der Waals surface area contributed by atoms with Crippen molar-refractivity contribution in [3.63, 3.8) is 0 Å². The molecule has 0 unspecified atom stereocenters. The van der Waals surface area contributed by atoms with Crippen molar-refractivity contribution in [3.8, 4) is 0 Å². The second-order valence-corrected chi connectivity index (χ2v) is 5.29. The van der Waals surface area contributed by atoms with Gasteiger partial charge in [0.15, 0.2) is 5.82 Å². The van der Waals surface area contributed by atoms with E-state index in [-0.39, 0.29) is 0 Å². The molecule has 0 amide bonds. The van der Waals surface area contributed by atoms with Crippen LogP contribution in [0.25, 0.3) is 5.52 Å². The molecule has 2 aromatic heterocycles. The molecule has 0 saturated heterocycles. The molecule has 19 heavy (non-hydrogen) atoms. The minimum atomic E-state index is 0.625. The molecule has 1 aliphatic rings. The highest BCUT2D eigenvalue weighted by molar-refractivity contribution is 5.69. The van der Waals surface area contributed by atoms with Crippen LogP contribution in [-0.4, -0.2) is 33.7 Å². The average Bonchev–Trinajstić information content (AvgIpc) is 2.72. The minimum Gasteiger partial charge on any atom is -0.352 e. The molecular weight excluding hydrogens is 238 g/mol. The van der Waals surface area contributed by atoms with Gasteiger partial charge in [0, 0.05) is 25.0 Å². The van der Waals surface area contributed by atoms with E-state index in [1.54, 1.807) is 0 Å². The first kappa shape index (κ1) is 12.4. The molecule has 5 heteroatoms. The molecule has 0 atom stereocenters. The first-order valence-electron chi connectivity index (χ1n) is 7.07. The summed E-state index contributed by atoms with van der Waals surface area (Å²) in [6.07, 6.45) is 8.61. The molecule has 102 valence electrons. The number of aryl methyl sites for hydroxylation is 1. The zero-order valence-electron chi connectivity index (χ0n) is 11.4. The number of hydrogen-bond acceptors (Lipinski definition) is 4. The fourth-order valence-electron chi connectivity index (χ4n) is 2.67. The average molecular weight is 259 g/mol. The van der Waals surface area contributed by atoms with E-state index in [1.807, 2.05) is 23.8 Å². The van der Waals surface area contributed by atoms with Gasteiger partial charge in [-0.05, 0) is 45.2 Å². The predicted molar refractivity (Wildman–Crippen MR) is 76.4 cm³/mol. The molecule has 5 nitrogen and oxygen atoms in total. The lowest BCUT2D eigenvalue weighted by Gasteiger charge is -2.38. The predicted octanol–water partition coefficient (Wildman–Crippen LogP) is 1.75. The normalized spacial score (nSPS) is 15.7. The van der Waals surface area contributed by atoms with E-state index in [1.165, 1.54) is 19.3 Å². The highest BCUT2D eigenvalue weighted by Crippen LogP contribution is 2.30. The smallest absolute Gasteiger partial charge is 0.154 e. The molecule has 1 aliphatic carbocycles. The van der Waals surface area contributed by atoms with Crippen LogP contribution >= 0.6 is 0 Å². The van der Waals surface area contributed by atoms with E-state index >= 15 is 0 Å². The summed E-state index contributed by atoms with van der Waals surface area (Å²) in [6, 6.07) is 2.73. The summed E-state index contributed by atoms with van der Waals surface area (Å²) < 4.78 is 1.92. The summed E-state index contributed by atoms with van der Waals surface area (Å²) in [4.78, 5) is 7.02. The minimum absolute atomic E-state index is 0.625. The Balaban J connectivity index is 1.98. The monoisotopic (exact) mass is 259 g/mol. The number of aromatic nitrogens is 3. The topological polar surface area (TPSA) is 59.5 Å².